The van der Waals surface area contributed by atoms with Crippen LogP contribution in [0, 0.1) is 5.41 Å². The second-order valence-corrected chi connectivity index (χ2v) is 13.1. The Kier molecular flexibility index (Phi) is 5.11. The second kappa shape index (κ2) is 9.25. The highest BCUT2D eigenvalue weighted by Crippen LogP contribution is 2.50. The Labute approximate surface area is 263 Å². The summed E-state index contributed by atoms with van der Waals surface area (Å²) in [5.74, 6) is 0. The zero-order valence-corrected chi connectivity index (χ0v) is 25.2. The van der Waals surface area contributed by atoms with Crippen molar-refractivity contribution in [3.63, 3.8) is 0 Å². The van der Waals surface area contributed by atoms with Crippen LogP contribution in [0.15, 0.2) is 140 Å². The van der Waals surface area contributed by atoms with Crippen molar-refractivity contribution < 1.29 is 0 Å². The molecule has 0 unspecified atom stereocenters. The van der Waals surface area contributed by atoms with Gasteiger partial charge in [-0.3, -0.25) is 0 Å². The lowest BCUT2D eigenvalue weighted by atomic mass is 9.79. The Morgan fingerprint density at radius 3 is 2.20 bits per heavy atom. The van der Waals surface area contributed by atoms with Crippen molar-refractivity contribution in [3.05, 3.63) is 151 Å². The molecule has 0 fully saturated rings. The van der Waals surface area contributed by atoms with Gasteiger partial charge in [0.1, 0.15) is 0 Å². The molecule has 0 aliphatic heterocycles. The van der Waals surface area contributed by atoms with Crippen LogP contribution in [0.2, 0.25) is 0 Å². The Morgan fingerprint density at radius 2 is 1.27 bits per heavy atom. The lowest BCUT2D eigenvalue weighted by molar-refractivity contribution is 1.20. The van der Waals surface area contributed by atoms with E-state index in [-0.39, 0.29) is 0 Å². The predicted octanol–water partition coefficient (Wildman–Crippen LogP) is 11.6. The van der Waals surface area contributed by atoms with Crippen LogP contribution in [0.3, 0.4) is 0 Å². The number of para-hydroxylation sites is 1. The number of hydrogen-bond donors (Lipinski definition) is 1. The largest absolute Gasteiger partial charge is 0.309 e. The molecule has 0 spiro atoms. The molecule has 0 radical (unpaired) electrons. The normalized spacial score (nSPS) is 12.8. The number of fused-ring (bicyclic) bond motifs is 10. The zero-order chi connectivity index (χ0) is 29.6. The average Bonchev–Trinajstić information content (AvgIpc) is 3.62. The number of nitrogens with one attached hydrogen (secondary N) is 1. The van der Waals surface area contributed by atoms with E-state index >= 15 is 0 Å². The van der Waals surface area contributed by atoms with E-state index in [0.717, 1.165) is 5.56 Å². The highest BCUT2D eigenvalue weighted by atomic mass is 32.1. The van der Waals surface area contributed by atoms with Crippen LogP contribution in [0.25, 0.3) is 80.7 Å². The molecule has 1 aliphatic rings. The lowest BCUT2D eigenvalue weighted by Gasteiger charge is -2.24. The number of rotatable bonds is 2. The molecular weight excluding hydrogens is 565 g/mol. The molecule has 1 N–H and O–H groups in total. The highest BCUT2D eigenvalue weighted by Gasteiger charge is 2.27. The standard InChI is InChI=1S/C42H26N2S/c43-35-23-26-11-2-4-14-29(26)41-34(35)24-33-31-16-6-8-19-39(31)45-42(33)40(41)27-20-21-38-32(22-27)30-15-5-7-17-37(30)44(38)36-18-9-12-25-10-1-3-13-28(25)36/h1-22,24,43H,23H2. The molecule has 0 bridgehead atoms. The fraction of sp³-hybridized carbons (Fsp3) is 0.0238. The maximum atomic E-state index is 9.20. The van der Waals surface area contributed by atoms with Gasteiger partial charge in [-0.2, -0.15) is 0 Å². The van der Waals surface area contributed by atoms with Crippen molar-refractivity contribution in [2.75, 3.05) is 0 Å². The van der Waals surface area contributed by atoms with Gasteiger partial charge in [0.05, 0.1) is 16.7 Å². The van der Waals surface area contributed by atoms with E-state index in [2.05, 4.69) is 144 Å². The molecule has 0 amide bonds. The van der Waals surface area contributed by atoms with E-state index in [4.69, 9.17) is 0 Å². The first-order valence-corrected chi connectivity index (χ1v) is 16.2. The van der Waals surface area contributed by atoms with Gasteiger partial charge in [0.2, 0.25) is 0 Å². The minimum absolute atomic E-state index is 0.660. The van der Waals surface area contributed by atoms with Gasteiger partial charge in [0.15, 0.2) is 0 Å². The molecule has 0 atom stereocenters. The first-order valence-electron chi connectivity index (χ1n) is 15.4. The summed E-state index contributed by atoms with van der Waals surface area (Å²) in [4.78, 5) is 0. The molecule has 0 saturated carbocycles. The van der Waals surface area contributed by atoms with Crippen molar-refractivity contribution in [1.29, 1.82) is 5.41 Å². The molecule has 2 aromatic heterocycles. The van der Waals surface area contributed by atoms with Crippen molar-refractivity contribution in [2.24, 2.45) is 0 Å². The summed E-state index contributed by atoms with van der Waals surface area (Å²) >= 11 is 1.87. The van der Waals surface area contributed by atoms with Gasteiger partial charge in [-0.15, -0.1) is 11.3 Å². The van der Waals surface area contributed by atoms with Crippen molar-refractivity contribution in [1.82, 2.24) is 4.57 Å². The molecule has 9 aromatic rings. The van der Waals surface area contributed by atoms with Crippen molar-refractivity contribution >= 4 is 69.8 Å². The number of aromatic nitrogens is 1. The van der Waals surface area contributed by atoms with E-state index < -0.39 is 0 Å². The van der Waals surface area contributed by atoms with Gasteiger partial charge in [-0.05, 0) is 58.5 Å². The average molecular weight is 591 g/mol. The van der Waals surface area contributed by atoms with Crippen LogP contribution in [-0.2, 0) is 6.42 Å². The van der Waals surface area contributed by atoms with Crippen LogP contribution < -0.4 is 0 Å². The second-order valence-electron chi connectivity index (χ2n) is 12.0. The number of thiophene rings is 1. The Balaban J connectivity index is 1.34. The van der Waals surface area contributed by atoms with Gasteiger partial charge >= 0.3 is 0 Å². The highest BCUT2D eigenvalue weighted by molar-refractivity contribution is 7.26. The third-order valence-corrected chi connectivity index (χ3v) is 10.8. The molecule has 210 valence electrons. The fourth-order valence-electron chi connectivity index (χ4n) is 7.65. The zero-order valence-electron chi connectivity index (χ0n) is 24.3. The number of benzene rings is 7. The topological polar surface area (TPSA) is 28.8 Å². The van der Waals surface area contributed by atoms with E-state index in [0.29, 0.717) is 12.1 Å². The molecular formula is C42H26N2S. The lowest BCUT2D eigenvalue weighted by Crippen LogP contribution is -2.13. The number of nitrogens with zero attached hydrogens (tertiary/aromatic N) is 1. The summed E-state index contributed by atoms with van der Waals surface area (Å²) in [5, 5.41) is 16.7. The summed E-state index contributed by atoms with van der Waals surface area (Å²) in [6.07, 6.45) is 0.660. The van der Waals surface area contributed by atoms with E-state index in [1.807, 2.05) is 11.3 Å². The predicted molar refractivity (Wildman–Crippen MR) is 193 cm³/mol. The van der Waals surface area contributed by atoms with Crippen LogP contribution in [0.5, 0.6) is 0 Å². The first kappa shape index (κ1) is 24.9. The monoisotopic (exact) mass is 590 g/mol. The molecule has 1 aliphatic carbocycles. The summed E-state index contributed by atoms with van der Waals surface area (Å²) < 4.78 is 5.00. The molecule has 0 saturated heterocycles. The van der Waals surface area contributed by atoms with Crippen LogP contribution in [0.4, 0.5) is 0 Å². The molecule has 3 heteroatoms. The summed E-state index contributed by atoms with van der Waals surface area (Å²) in [7, 11) is 0. The molecule has 2 nitrogen and oxygen atoms in total. The smallest absolute Gasteiger partial charge is 0.0541 e. The minimum Gasteiger partial charge on any atom is -0.309 e. The van der Waals surface area contributed by atoms with Crippen molar-refractivity contribution in [3.8, 4) is 27.9 Å². The molecule has 45 heavy (non-hydrogen) atoms. The maximum Gasteiger partial charge on any atom is 0.0541 e. The number of hydrogen-bond acceptors (Lipinski definition) is 2. The van der Waals surface area contributed by atoms with Gasteiger partial charge in [0.25, 0.3) is 0 Å². The summed E-state index contributed by atoms with van der Waals surface area (Å²) in [6.45, 7) is 0. The van der Waals surface area contributed by atoms with Crippen LogP contribution in [-0.4, -0.2) is 10.3 Å². The van der Waals surface area contributed by atoms with E-state index in [1.54, 1.807) is 0 Å². The van der Waals surface area contributed by atoms with Gasteiger partial charge in [-0.1, -0.05) is 103 Å². The van der Waals surface area contributed by atoms with Gasteiger partial charge in [0, 0.05) is 65.2 Å². The molecule has 2 heterocycles. The molecule has 10 rings (SSSR count). The Morgan fingerprint density at radius 1 is 0.533 bits per heavy atom. The third-order valence-electron chi connectivity index (χ3n) is 9.62. The Bertz CT molecular complexity index is 2700. The quantitative estimate of drug-likeness (QED) is 0.207. The van der Waals surface area contributed by atoms with E-state index in [9.17, 15) is 5.41 Å². The SMILES string of the molecule is N=C1Cc2ccccc2-c2c1cc1c(sc3ccccc31)c2-c1ccc2c(c1)c1ccccc1n2-c1cccc2ccccc12. The fourth-order valence-corrected chi connectivity index (χ4v) is 8.90. The summed E-state index contributed by atoms with van der Waals surface area (Å²) in [5.41, 5.74) is 11.4. The van der Waals surface area contributed by atoms with Crippen LogP contribution >= 0.6 is 11.3 Å². The first-order chi connectivity index (χ1) is 22.2. The third kappa shape index (κ3) is 3.47. The van der Waals surface area contributed by atoms with Crippen molar-refractivity contribution in [2.45, 2.75) is 6.42 Å². The van der Waals surface area contributed by atoms with Gasteiger partial charge in [-0.25, -0.2) is 0 Å². The van der Waals surface area contributed by atoms with Crippen LogP contribution in [0.1, 0.15) is 11.1 Å². The van der Waals surface area contributed by atoms with E-state index in [1.165, 1.54) is 86.3 Å². The summed E-state index contributed by atoms with van der Waals surface area (Å²) in [6, 6.07) is 50.7. The maximum absolute atomic E-state index is 9.20. The van der Waals surface area contributed by atoms with Gasteiger partial charge < -0.3 is 9.98 Å². The Hall–Kier alpha value is -5.51. The minimum atomic E-state index is 0.660. The molecule has 7 aromatic carbocycles.